The molecular weight excluding hydrogens is 530 g/mol. The number of carbonyl (C=O) groups is 1. The van der Waals surface area contributed by atoms with Gasteiger partial charge in [-0.05, 0) is 30.5 Å². The van der Waals surface area contributed by atoms with Gasteiger partial charge in [-0.1, -0.05) is 49.8 Å². The van der Waals surface area contributed by atoms with Crippen molar-refractivity contribution in [3.8, 4) is 5.75 Å². The van der Waals surface area contributed by atoms with Crippen molar-refractivity contribution in [2.45, 2.75) is 44.2 Å². The normalized spacial score (nSPS) is 19.6. The molecular formula is C32H39N7O3. The number of rotatable bonds is 9. The highest BCUT2D eigenvalue weighted by Gasteiger charge is 2.30. The zero-order chi connectivity index (χ0) is 28.9. The zero-order valence-electron chi connectivity index (χ0n) is 24.2. The summed E-state index contributed by atoms with van der Waals surface area (Å²) in [5, 5.41) is 8.25. The number of nitrogens with one attached hydrogen (secondary N) is 2. The molecule has 1 atom stereocenters. The summed E-state index contributed by atoms with van der Waals surface area (Å²) in [6.07, 6.45) is 8.95. The maximum Gasteiger partial charge on any atom is 0.247 e. The number of nitrogens with zero attached hydrogens (tertiary/aromatic N) is 5. The molecule has 1 aromatic heterocycles. The van der Waals surface area contributed by atoms with Crippen molar-refractivity contribution >= 4 is 34.6 Å². The van der Waals surface area contributed by atoms with Crippen LogP contribution >= 0.6 is 0 Å². The number of carbonyl (C=O) groups excluding carboxylic acids is 1. The topological polar surface area (TPSA) is 95.1 Å². The Labute approximate surface area is 247 Å². The Morgan fingerprint density at radius 2 is 1.81 bits per heavy atom. The summed E-state index contributed by atoms with van der Waals surface area (Å²) in [5.41, 5.74) is 3.47. The summed E-state index contributed by atoms with van der Waals surface area (Å²) in [6.45, 7) is 8.05. The third-order valence-corrected chi connectivity index (χ3v) is 8.49. The van der Waals surface area contributed by atoms with E-state index in [1.807, 2.05) is 41.5 Å². The summed E-state index contributed by atoms with van der Waals surface area (Å²) >= 11 is 0. The zero-order valence-corrected chi connectivity index (χ0v) is 24.2. The van der Waals surface area contributed by atoms with E-state index in [4.69, 9.17) is 9.57 Å². The predicted molar refractivity (Wildman–Crippen MR) is 165 cm³/mol. The average Bonchev–Trinajstić information content (AvgIpc) is 3.75. The summed E-state index contributed by atoms with van der Waals surface area (Å²) in [5.74, 6) is 1.63. The molecule has 0 bridgehead atoms. The summed E-state index contributed by atoms with van der Waals surface area (Å²) in [7, 11) is 1.65. The first kappa shape index (κ1) is 28.0. The van der Waals surface area contributed by atoms with Crippen LogP contribution in [0.25, 0.3) is 0 Å². The van der Waals surface area contributed by atoms with Gasteiger partial charge >= 0.3 is 0 Å². The fourth-order valence-electron chi connectivity index (χ4n) is 6.33. The van der Waals surface area contributed by atoms with Crippen LogP contribution in [0, 0.1) is 0 Å². The summed E-state index contributed by atoms with van der Waals surface area (Å²) < 4.78 is 5.83. The summed E-state index contributed by atoms with van der Waals surface area (Å²) in [4.78, 5) is 32.4. The molecule has 2 aromatic carbocycles. The van der Waals surface area contributed by atoms with E-state index in [1.165, 1.54) is 43.7 Å². The molecule has 220 valence electrons. The monoisotopic (exact) mass is 569 g/mol. The Hall–Kier alpha value is -4.15. The van der Waals surface area contributed by atoms with Crippen molar-refractivity contribution in [2.75, 3.05) is 60.5 Å². The highest BCUT2D eigenvalue weighted by atomic mass is 16.7. The lowest BCUT2D eigenvalue weighted by molar-refractivity contribution is -0.111. The Bertz CT molecular complexity index is 1390. The standard InChI is InChI=1S/C32H39N7O3/c1-3-32(40)36-25-19-26(29(41-2)20-28(25)38-16-14-37(15-17-38)24-11-7-8-12-24)35-30-21-31(34-22-33-30)39-27(13-18-42-39)23-9-5-4-6-10-23/h3-6,9-10,19-22,24,27H,1,7-8,11-18H2,2H3,(H,36,40)(H,33,34,35). The first-order valence-electron chi connectivity index (χ1n) is 14.8. The fourth-order valence-corrected chi connectivity index (χ4v) is 6.33. The molecule has 3 aromatic rings. The lowest BCUT2D eigenvalue weighted by Crippen LogP contribution is -2.49. The van der Waals surface area contributed by atoms with Gasteiger partial charge in [-0.3, -0.25) is 14.5 Å². The van der Waals surface area contributed by atoms with Crippen LogP contribution in [0.15, 0.2) is 67.5 Å². The fraction of sp³-hybridized carbons (Fsp3) is 0.406. The van der Waals surface area contributed by atoms with E-state index >= 15 is 0 Å². The molecule has 2 N–H and O–H groups in total. The minimum atomic E-state index is -0.264. The maximum absolute atomic E-state index is 12.5. The SMILES string of the molecule is C=CC(=O)Nc1cc(Nc2cc(N3OCCC3c3ccccc3)ncn2)c(OC)cc1N1CCN(C2CCCC2)CC1. The smallest absolute Gasteiger partial charge is 0.247 e. The molecule has 3 aliphatic rings. The van der Waals surface area contributed by atoms with Crippen molar-refractivity contribution in [3.05, 3.63) is 73.1 Å². The number of methoxy groups -OCH3 is 1. The number of hydrogen-bond acceptors (Lipinski definition) is 9. The first-order chi connectivity index (χ1) is 20.6. The van der Waals surface area contributed by atoms with Crippen molar-refractivity contribution in [3.63, 3.8) is 0 Å². The van der Waals surface area contributed by atoms with Crippen LogP contribution in [0.5, 0.6) is 5.75 Å². The quantitative estimate of drug-likeness (QED) is 0.333. The molecule has 1 aliphatic carbocycles. The van der Waals surface area contributed by atoms with Crippen molar-refractivity contribution in [1.82, 2.24) is 14.9 Å². The van der Waals surface area contributed by atoms with Gasteiger partial charge in [0.1, 0.15) is 17.9 Å². The number of aromatic nitrogens is 2. The second-order valence-corrected chi connectivity index (χ2v) is 11.0. The Balaban J connectivity index is 1.25. The third-order valence-electron chi connectivity index (χ3n) is 8.49. The summed E-state index contributed by atoms with van der Waals surface area (Å²) in [6, 6.07) is 16.8. The average molecular weight is 570 g/mol. The second kappa shape index (κ2) is 12.8. The number of hydroxylamine groups is 1. The van der Waals surface area contributed by atoms with Gasteiger partial charge in [-0.2, -0.15) is 0 Å². The van der Waals surface area contributed by atoms with E-state index in [-0.39, 0.29) is 11.9 Å². The van der Waals surface area contributed by atoms with E-state index in [9.17, 15) is 4.79 Å². The molecule has 0 radical (unpaired) electrons. The van der Waals surface area contributed by atoms with Gasteiger partial charge in [0, 0.05) is 50.8 Å². The Morgan fingerprint density at radius 1 is 1.02 bits per heavy atom. The molecule has 3 heterocycles. The van der Waals surface area contributed by atoms with Gasteiger partial charge in [0.05, 0.1) is 36.8 Å². The number of benzene rings is 2. The number of hydrogen-bond donors (Lipinski definition) is 2. The van der Waals surface area contributed by atoms with Crippen LogP contribution in [0.3, 0.4) is 0 Å². The van der Waals surface area contributed by atoms with E-state index in [2.05, 4.69) is 49.1 Å². The minimum Gasteiger partial charge on any atom is -0.494 e. The Morgan fingerprint density at radius 3 is 2.55 bits per heavy atom. The highest BCUT2D eigenvalue weighted by Crippen LogP contribution is 2.40. The number of amides is 1. The molecule has 6 rings (SSSR count). The molecule has 1 amide bonds. The van der Waals surface area contributed by atoms with E-state index < -0.39 is 0 Å². The van der Waals surface area contributed by atoms with Gasteiger partial charge in [-0.25, -0.2) is 15.0 Å². The first-order valence-corrected chi connectivity index (χ1v) is 14.8. The number of ether oxygens (including phenoxy) is 1. The molecule has 2 saturated heterocycles. The van der Waals surface area contributed by atoms with Crippen molar-refractivity contribution in [2.24, 2.45) is 0 Å². The molecule has 1 unspecified atom stereocenters. The molecule has 1 saturated carbocycles. The van der Waals surface area contributed by atoms with Crippen LogP contribution in [-0.4, -0.2) is 66.7 Å². The maximum atomic E-state index is 12.5. The molecule has 0 spiro atoms. The van der Waals surface area contributed by atoms with Gasteiger partial charge in [0.25, 0.3) is 0 Å². The molecule has 42 heavy (non-hydrogen) atoms. The lowest BCUT2D eigenvalue weighted by Gasteiger charge is -2.40. The van der Waals surface area contributed by atoms with E-state index in [0.29, 0.717) is 41.4 Å². The Kier molecular flexibility index (Phi) is 8.52. The second-order valence-electron chi connectivity index (χ2n) is 11.0. The number of piperazine rings is 1. The lowest BCUT2D eigenvalue weighted by atomic mass is 10.0. The molecule has 3 fully saturated rings. The van der Waals surface area contributed by atoms with Crippen molar-refractivity contribution in [1.29, 1.82) is 0 Å². The third kappa shape index (κ3) is 6.05. The molecule has 2 aliphatic heterocycles. The van der Waals surface area contributed by atoms with Crippen LogP contribution in [-0.2, 0) is 9.63 Å². The van der Waals surface area contributed by atoms with Gasteiger partial charge in [0.2, 0.25) is 5.91 Å². The minimum absolute atomic E-state index is 0.0672. The van der Waals surface area contributed by atoms with Crippen LogP contribution in [0.1, 0.15) is 43.7 Å². The molecule has 10 heteroatoms. The molecule has 10 nitrogen and oxygen atoms in total. The number of anilines is 5. The van der Waals surface area contributed by atoms with E-state index in [1.54, 1.807) is 7.11 Å². The largest absolute Gasteiger partial charge is 0.494 e. The predicted octanol–water partition coefficient (Wildman–Crippen LogP) is 5.30. The highest BCUT2D eigenvalue weighted by molar-refractivity contribution is 6.02. The van der Waals surface area contributed by atoms with Gasteiger partial charge in [-0.15, -0.1) is 0 Å². The van der Waals surface area contributed by atoms with Gasteiger partial charge in [0.15, 0.2) is 5.82 Å². The van der Waals surface area contributed by atoms with Crippen LogP contribution < -0.4 is 25.3 Å². The van der Waals surface area contributed by atoms with E-state index in [0.717, 1.165) is 38.3 Å². The van der Waals surface area contributed by atoms with Crippen LogP contribution in [0.2, 0.25) is 0 Å². The van der Waals surface area contributed by atoms with Gasteiger partial charge < -0.3 is 20.3 Å². The van der Waals surface area contributed by atoms with Crippen LogP contribution in [0.4, 0.5) is 28.7 Å². The van der Waals surface area contributed by atoms with Crippen molar-refractivity contribution < 1.29 is 14.4 Å².